The first-order valence-corrected chi connectivity index (χ1v) is 10.3. The van der Waals surface area contributed by atoms with Crippen LogP contribution in [0.25, 0.3) is 17.3 Å². The molecule has 29 heavy (non-hydrogen) atoms. The lowest BCUT2D eigenvalue weighted by Crippen LogP contribution is -2.23. The number of hydrogen-bond donors (Lipinski definition) is 1. The van der Waals surface area contributed by atoms with E-state index in [2.05, 4.69) is 15.3 Å². The molecule has 1 saturated heterocycles. The van der Waals surface area contributed by atoms with Crippen LogP contribution in [0.1, 0.15) is 23.4 Å². The number of nitrogens with one attached hydrogen (secondary N) is 1. The summed E-state index contributed by atoms with van der Waals surface area (Å²) in [4.78, 5) is 34.2. The van der Waals surface area contributed by atoms with Gasteiger partial charge in [-0.05, 0) is 42.3 Å². The van der Waals surface area contributed by atoms with E-state index in [0.29, 0.717) is 13.0 Å². The van der Waals surface area contributed by atoms with Crippen molar-refractivity contribution < 1.29 is 9.59 Å². The summed E-state index contributed by atoms with van der Waals surface area (Å²) in [5, 5.41) is 5.67. The third-order valence-electron chi connectivity index (χ3n) is 4.65. The maximum atomic E-state index is 12.1. The van der Waals surface area contributed by atoms with Crippen molar-refractivity contribution in [2.45, 2.75) is 19.4 Å². The molecule has 1 aliphatic rings. The van der Waals surface area contributed by atoms with Crippen molar-refractivity contribution in [2.24, 2.45) is 0 Å². The zero-order chi connectivity index (χ0) is 20.1. The van der Waals surface area contributed by atoms with Gasteiger partial charge in [-0.2, -0.15) is 0 Å². The summed E-state index contributed by atoms with van der Waals surface area (Å²) in [6.45, 7) is 1.16. The van der Waals surface area contributed by atoms with E-state index in [9.17, 15) is 9.59 Å². The zero-order valence-electron chi connectivity index (χ0n) is 15.7. The van der Waals surface area contributed by atoms with Crippen molar-refractivity contribution in [2.75, 3.05) is 11.4 Å². The number of amides is 2. The predicted molar refractivity (Wildman–Crippen MR) is 114 cm³/mol. The molecule has 2 aromatic heterocycles. The molecule has 146 valence electrons. The Morgan fingerprint density at radius 1 is 1.17 bits per heavy atom. The largest absolute Gasteiger partial charge is 0.346 e. The fourth-order valence-electron chi connectivity index (χ4n) is 3.13. The number of carbonyl (C=O) groups excluding carboxylic acids is 2. The number of thiazole rings is 1. The first kappa shape index (κ1) is 19.0. The second-order valence-electron chi connectivity index (χ2n) is 6.65. The lowest BCUT2D eigenvalue weighted by atomic mass is 10.2. The highest BCUT2D eigenvalue weighted by Crippen LogP contribution is 2.22. The van der Waals surface area contributed by atoms with E-state index in [1.165, 1.54) is 17.4 Å². The number of anilines is 1. The Labute approximate surface area is 172 Å². The van der Waals surface area contributed by atoms with Crippen LogP contribution >= 0.6 is 11.3 Å². The van der Waals surface area contributed by atoms with E-state index in [-0.39, 0.29) is 11.8 Å². The number of nitrogens with zero attached hydrogens (tertiary/aromatic N) is 3. The van der Waals surface area contributed by atoms with Crippen molar-refractivity contribution in [1.82, 2.24) is 15.3 Å². The van der Waals surface area contributed by atoms with Gasteiger partial charge in [0.2, 0.25) is 11.8 Å². The van der Waals surface area contributed by atoms with Gasteiger partial charge in [-0.1, -0.05) is 12.1 Å². The first-order valence-electron chi connectivity index (χ1n) is 9.40. The van der Waals surface area contributed by atoms with E-state index in [1.54, 1.807) is 23.4 Å². The highest BCUT2D eigenvalue weighted by Gasteiger charge is 2.21. The van der Waals surface area contributed by atoms with Gasteiger partial charge in [0, 0.05) is 48.1 Å². The topological polar surface area (TPSA) is 75.2 Å². The molecule has 0 bridgehead atoms. The maximum Gasteiger partial charge on any atom is 0.244 e. The molecule has 3 heterocycles. The van der Waals surface area contributed by atoms with Crippen molar-refractivity contribution in [3.8, 4) is 11.3 Å². The summed E-state index contributed by atoms with van der Waals surface area (Å²) < 4.78 is 0. The van der Waals surface area contributed by atoms with Crippen LogP contribution in [0.3, 0.4) is 0 Å². The van der Waals surface area contributed by atoms with Crippen LogP contribution in [0, 0.1) is 0 Å². The molecule has 7 heteroatoms. The predicted octanol–water partition coefficient (Wildman–Crippen LogP) is 3.66. The molecular formula is C22H20N4O2S. The SMILES string of the molecule is O=C(/C=C/c1ccc(N2CCCC2=O)cc1)NCc1nc(-c2ccncc2)cs1. The Morgan fingerprint density at radius 3 is 2.69 bits per heavy atom. The number of pyridine rings is 1. The third kappa shape index (κ3) is 4.75. The average molecular weight is 404 g/mol. The highest BCUT2D eigenvalue weighted by molar-refractivity contribution is 7.09. The second kappa shape index (κ2) is 8.79. The van der Waals surface area contributed by atoms with Crippen LogP contribution in [-0.2, 0) is 16.1 Å². The number of hydrogen-bond acceptors (Lipinski definition) is 5. The van der Waals surface area contributed by atoms with Gasteiger partial charge in [0.1, 0.15) is 5.01 Å². The number of aromatic nitrogens is 2. The minimum atomic E-state index is -0.176. The molecular weight excluding hydrogens is 384 g/mol. The van der Waals surface area contributed by atoms with Crippen LogP contribution in [0.4, 0.5) is 5.69 Å². The minimum absolute atomic E-state index is 0.168. The maximum absolute atomic E-state index is 12.1. The van der Waals surface area contributed by atoms with Crippen molar-refractivity contribution in [1.29, 1.82) is 0 Å². The van der Waals surface area contributed by atoms with E-state index < -0.39 is 0 Å². The molecule has 3 aromatic rings. The van der Waals surface area contributed by atoms with Crippen LogP contribution in [-0.4, -0.2) is 28.3 Å². The summed E-state index contributed by atoms with van der Waals surface area (Å²) in [6.07, 6.45) is 8.25. The Morgan fingerprint density at radius 2 is 1.97 bits per heavy atom. The van der Waals surface area contributed by atoms with E-state index in [0.717, 1.165) is 40.5 Å². The molecule has 1 fully saturated rings. The van der Waals surface area contributed by atoms with Gasteiger partial charge in [0.25, 0.3) is 0 Å². The zero-order valence-corrected chi connectivity index (χ0v) is 16.6. The standard InChI is InChI=1S/C22H20N4O2S/c27-20(24-14-21-25-19(15-29-21)17-9-11-23-12-10-17)8-5-16-3-6-18(7-4-16)26-13-1-2-22(26)28/h3-12,15H,1-2,13-14H2,(H,24,27)/b8-5+. The van der Waals surface area contributed by atoms with Gasteiger partial charge in [0.15, 0.2) is 0 Å². The summed E-state index contributed by atoms with van der Waals surface area (Å²) in [6, 6.07) is 11.5. The van der Waals surface area contributed by atoms with Crippen LogP contribution < -0.4 is 10.2 Å². The van der Waals surface area contributed by atoms with E-state index in [1.807, 2.05) is 41.8 Å². The van der Waals surface area contributed by atoms with E-state index >= 15 is 0 Å². The lowest BCUT2D eigenvalue weighted by Gasteiger charge is -2.15. The average Bonchev–Trinajstić information content (AvgIpc) is 3.41. The fraction of sp³-hybridized carbons (Fsp3) is 0.182. The molecule has 0 atom stereocenters. The molecule has 0 saturated carbocycles. The van der Waals surface area contributed by atoms with Gasteiger partial charge in [-0.3, -0.25) is 14.6 Å². The number of rotatable bonds is 6. The lowest BCUT2D eigenvalue weighted by molar-refractivity contribution is -0.117. The molecule has 4 rings (SSSR count). The summed E-state index contributed by atoms with van der Waals surface area (Å²) in [5.41, 5.74) is 3.70. The molecule has 2 amide bonds. The molecule has 1 aliphatic heterocycles. The molecule has 6 nitrogen and oxygen atoms in total. The van der Waals surface area contributed by atoms with Crippen LogP contribution in [0.5, 0.6) is 0 Å². The Balaban J connectivity index is 1.30. The Hall–Kier alpha value is -3.32. The number of carbonyl (C=O) groups is 2. The minimum Gasteiger partial charge on any atom is -0.346 e. The summed E-state index contributed by atoms with van der Waals surface area (Å²) >= 11 is 1.51. The fourth-order valence-corrected chi connectivity index (χ4v) is 3.87. The van der Waals surface area contributed by atoms with E-state index in [4.69, 9.17) is 0 Å². The highest BCUT2D eigenvalue weighted by atomic mass is 32.1. The molecule has 0 unspecified atom stereocenters. The molecule has 0 aliphatic carbocycles. The molecule has 1 aromatic carbocycles. The monoisotopic (exact) mass is 404 g/mol. The third-order valence-corrected chi connectivity index (χ3v) is 5.50. The van der Waals surface area contributed by atoms with Gasteiger partial charge >= 0.3 is 0 Å². The van der Waals surface area contributed by atoms with Gasteiger partial charge in [-0.25, -0.2) is 4.98 Å². The van der Waals surface area contributed by atoms with Crippen molar-refractivity contribution in [3.63, 3.8) is 0 Å². The molecule has 0 spiro atoms. The summed E-state index contributed by atoms with van der Waals surface area (Å²) in [5.74, 6) is -0.00796. The van der Waals surface area contributed by atoms with Crippen molar-refractivity contribution >= 4 is 34.9 Å². The van der Waals surface area contributed by atoms with Crippen molar-refractivity contribution in [3.05, 3.63) is 70.8 Å². The normalized spacial score (nSPS) is 13.9. The van der Waals surface area contributed by atoms with Gasteiger partial charge in [-0.15, -0.1) is 11.3 Å². The van der Waals surface area contributed by atoms with Crippen LogP contribution in [0.15, 0.2) is 60.2 Å². The quantitative estimate of drug-likeness (QED) is 0.636. The smallest absolute Gasteiger partial charge is 0.244 e. The Bertz CT molecular complexity index is 1030. The molecule has 1 N–H and O–H groups in total. The van der Waals surface area contributed by atoms with Gasteiger partial charge < -0.3 is 10.2 Å². The molecule has 0 radical (unpaired) electrons. The second-order valence-corrected chi connectivity index (χ2v) is 7.60. The van der Waals surface area contributed by atoms with Crippen LogP contribution in [0.2, 0.25) is 0 Å². The first-order chi connectivity index (χ1) is 14.2. The number of benzene rings is 1. The van der Waals surface area contributed by atoms with Gasteiger partial charge in [0.05, 0.1) is 12.2 Å². The summed E-state index contributed by atoms with van der Waals surface area (Å²) in [7, 11) is 0. The Kier molecular flexibility index (Phi) is 5.76.